The largest absolute Gasteiger partial charge is 0.307 e. The zero-order chi connectivity index (χ0) is 11.8. The van der Waals surface area contributed by atoms with E-state index in [1.807, 2.05) is 12.1 Å². The van der Waals surface area contributed by atoms with Crippen molar-refractivity contribution in [1.82, 2.24) is 5.32 Å². The van der Waals surface area contributed by atoms with Gasteiger partial charge in [0.2, 0.25) is 0 Å². The van der Waals surface area contributed by atoms with Crippen LogP contribution in [0.4, 0.5) is 4.39 Å². The van der Waals surface area contributed by atoms with Crippen LogP contribution >= 0.6 is 0 Å². The van der Waals surface area contributed by atoms with Crippen molar-refractivity contribution >= 4 is 0 Å². The molecule has 1 nitrogen and oxygen atoms in total. The van der Waals surface area contributed by atoms with E-state index in [9.17, 15) is 4.39 Å². The third kappa shape index (κ3) is 2.02. The van der Waals surface area contributed by atoms with Crippen molar-refractivity contribution in [1.29, 1.82) is 0 Å². The van der Waals surface area contributed by atoms with Gasteiger partial charge in [-0.1, -0.05) is 24.3 Å². The molecule has 3 unspecified atom stereocenters. The molecule has 1 aromatic rings. The normalized spacial score (nSPS) is 32.0. The van der Waals surface area contributed by atoms with Gasteiger partial charge in [0.1, 0.15) is 5.82 Å². The summed E-state index contributed by atoms with van der Waals surface area (Å²) in [5, 5.41) is 3.65. The molecule has 0 spiro atoms. The van der Waals surface area contributed by atoms with E-state index >= 15 is 0 Å². The molecule has 1 fully saturated rings. The van der Waals surface area contributed by atoms with Crippen LogP contribution in [0.2, 0.25) is 0 Å². The SMILES string of the molecule is C[C@@H](NC1CC2CC=CC21)c1ccc(F)cc1. The average molecular weight is 231 g/mol. The van der Waals surface area contributed by atoms with Gasteiger partial charge < -0.3 is 5.32 Å². The minimum atomic E-state index is -0.164. The Kier molecular flexibility index (Phi) is 2.75. The highest BCUT2D eigenvalue weighted by Crippen LogP contribution is 2.43. The minimum Gasteiger partial charge on any atom is -0.307 e. The highest BCUT2D eigenvalue weighted by molar-refractivity contribution is 5.21. The monoisotopic (exact) mass is 231 g/mol. The van der Waals surface area contributed by atoms with E-state index in [0.717, 1.165) is 17.4 Å². The molecule has 3 rings (SSSR count). The summed E-state index contributed by atoms with van der Waals surface area (Å²) in [5.74, 6) is 1.45. The van der Waals surface area contributed by atoms with Crippen LogP contribution in [-0.4, -0.2) is 6.04 Å². The summed E-state index contributed by atoms with van der Waals surface area (Å²) in [5.41, 5.74) is 1.16. The fourth-order valence-electron chi connectivity index (χ4n) is 3.08. The van der Waals surface area contributed by atoms with E-state index in [-0.39, 0.29) is 5.82 Å². The molecule has 2 aliphatic carbocycles. The zero-order valence-corrected chi connectivity index (χ0v) is 10.1. The van der Waals surface area contributed by atoms with Crippen LogP contribution in [0, 0.1) is 17.7 Å². The second-order valence-corrected chi connectivity index (χ2v) is 5.28. The lowest BCUT2D eigenvalue weighted by molar-refractivity contribution is 0.152. The van der Waals surface area contributed by atoms with Crippen molar-refractivity contribution in [2.24, 2.45) is 11.8 Å². The maximum atomic E-state index is 12.8. The van der Waals surface area contributed by atoms with Crippen molar-refractivity contribution in [3.05, 3.63) is 47.8 Å². The smallest absolute Gasteiger partial charge is 0.123 e. The van der Waals surface area contributed by atoms with E-state index in [4.69, 9.17) is 0 Å². The fourth-order valence-corrected chi connectivity index (χ4v) is 3.08. The summed E-state index contributed by atoms with van der Waals surface area (Å²) in [6.45, 7) is 2.15. The van der Waals surface area contributed by atoms with E-state index < -0.39 is 0 Å². The molecule has 90 valence electrons. The molecule has 1 aromatic carbocycles. The number of halogens is 1. The van der Waals surface area contributed by atoms with Crippen LogP contribution < -0.4 is 5.32 Å². The summed E-state index contributed by atoms with van der Waals surface area (Å²) < 4.78 is 12.8. The molecule has 2 heteroatoms. The van der Waals surface area contributed by atoms with Crippen LogP contribution in [-0.2, 0) is 0 Å². The maximum Gasteiger partial charge on any atom is 0.123 e. The Bertz CT molecular complexity index is 423. The van der Waals surface area contributed by atoms with Crippen LogP contribution in [0.1, 0.15) is 31.4 Å². The second-order valence-electron chi connectivity index (χ2n) is 5.28. The fraction of sp³-hybridized carbons (Fsp3) is 0.467. The summed E-state index contributed by atoms with van der Waals surface area (Å²) in [4.78, 5) is 0. The predicted molar refractivity (Wildman–Crippen MR) is 67.1 cm³/mol. The maximum absolute atomic E-state index is 12.8. The molecule has 17 heavy (non-hydrogen) atoms. The minimum absolute atomic E-state index is 0.164. The Morgan fingerprint density at radius 3 is 2.76 bits per heavy atom. The Morgan fingerprint density at radius 1 is 1.29 bits per heavy atom. The number of benzene rings is 1. The van der Waals surface area contributed by atoms with Crippen LogP contribution in [0.5, 0.6) is 0 Å². The van der Waals surface area contributed by atoms with Crippen LogP contribution in [0.3, 0.4) is 0 Å². The van der Waals surface area contributed by atoms with Gasteiger partial charge in [0.15, 0.2) is 0 Å². The Labute approximate surface area is 102 Å². The van der Waals surface area contributed by atoms with E-state index in [1.165, 1.54) is 25.0 Å². The molecule has 1 N–H and O–H groups in total. The van der Waals surface area contributed by atoms with Gasteiger partial charge in [-0.15, -0.1) is 0 Å². The Hall–Kier alpha value is -1.15. The predicted octanol–water partition coefficient (Wildman–Crippen LogP) is 3.44. The van der Waals surface area contributed by atoms with Gasteiger partial charge in [-0.05, 0) is 49.3 Å². The second kappa shape index (κ2) is 4.26. The quantitative estimate of drug-likeness (QED) is 0.786. The van der Waals surface area contributed by atoms with Crippen LogP contribution in [0.25, 0.3) is 0 Å². The molecule has 0 saturated heterocycles. The van der Waals surface area contributed by atoms with E-state index in [0.29, 0.717) is 12.1 Å². The molecule has 0 aliphatic heterocycles. The van der Waals surface area contributed by atoms with Crippen molar-refractivity contribution in [2.45, 2.75) is 31.8 Å². The van der Waals surface area contributed by atoms with Crippen molar-refractivity contribution in [3.63, 3.8) is 0 Å². The summed E-state index contributed by atoms with van der Waals surface area (Å²) >= 11 is 0. The number of nitrogens with one attached hydrogen (secondary N) is 1. The third-order valence-electron chi connectivity index (χ3n) is 4.20. The van der Waals surface area contributed by atoms with Gasteiger partial charge in [-0.3, -0.25) is 0 Å². The summed E-state index contributed by atoms with van der Waals surface area (Å²) in [6.07, 6.45) is 7.19. The van der Waals surface area contributed by atoms with E-state index in [1.54, 1.807) is 0 Å². The number of hydrogen-bond donors (Lipinski definition) is 1. The topological polar surface area (TPSA) is 12.0 Å². The molecule has 4 atom stereocenters. The average Bonchev–Trinajstić information content (AvgIpc) is 2.68. The lowest BCUT2D eigenvalue weighted by Gasteiger charge is -2.42. The van der Waals surface area contributed by atoms with Gasteiger partial charge >= 0.3 is 0 Å². The first-order valence-corrected chi connectivity index (χ1v) is 6.42. The first-order valence-electron chi connectivity index (χ1n) is 6.42. The van der Waals surface area contributed by atoms with Crippen molar-refractivity contribution in [2.75, 3.05) is 0 Å². The summed E-state index contributed by atoms with van der Waals surface area (Å²) in [6, 6.07) is 7.72. The molecule has 0 bridgehead atoms. The molecular formula is C15H18FN. The highest BCUT2D eigenvalue weighted by Gasteiger charge is 2.41. The van der Waals surface area contributed by atoms with Gasteiger partial charge in [-0.2, -0.15) is 0 Å². The number of rotatable bonds is 3. The summed E-state index contributed by atoms with van der Waals surface area (Å²) in [7, 11) is 0. The molecule has 2 aliphatic rings. The van der Waals surface area contributed by atoms with Gasteiger partial charge in [0.25, 0.3) is 0 Å². The standard InChI is InChI=1S/C15H18FN/c1-10(11-5-7-13(16)8-6-11)17-15-9-12-3-2-4-14(12)15/h2,4-8,10,12,14-15,17H,3,9H2,1H3/t10-,12?,14?,15?/m1/s1. The molecule has 0 heterocycles. The molecule has 0 aromatic heterocycles. The lowest BCUT2D eigenvalue weighted by Crippen LogP contribution is -2.48. The Morgan fingerprint density at radius 2 is 2.06 bits per heavy atom. The number of allylic oxidation sites excluding steroid dienone is 1. The van der Waals surface area contributed by atoms with Gasteiger partial charge in [0, 0.05) is 12.1 Å². The van der Waals surface area contributed by atoms with Crippen molar-refractivity contribution in [3.8, 4) is 0 Å². The Balaban J connectivity index is 1.62. The number of fused-ring (bicyclic) bond motifs is 1. The number of hydrogen-bond acceptors (Lipinski definition) is 1. The first kappa shape index (κ1) is 11.0. The zero-order valence-electron chi connectivity index (χ0n) is 10.1. The highest BCUT2D eigenvalue weighted by atomic mass is 19.1. The lowest BCUT2D eigenvalue weighted by atomic mass is 9.71. The molecule has 0 radical (unpaired) electrons. The van der Waals surface area contributed by atoms with Crippen LogP contribution in [0.15, 0.2) is 36.4 Å². The third-order valence-corrected chi connectivity index (χ3v) is 4.20. The first-order chi connectivity index (χ1) is 8.24. The molecule has 1 saturated carbocycles. The van der Waals surface area contributed by atoms with Crippen molar-refractivity contribution < 1.29 is 4.39 Å². The molecular weight excluding hydrogens is 213 g/mol. The van der Waals surface area contributed by atoms with Gasteiger partial charge in [0.05, 0.1) is 0 Å². The van der Waals surface area contributed by atoms with E-state index in [2.05, 4.69) is 24.4 Å². The van der Waals surface area contributed by atoms with Gasteiger partial charge in [-0.25, -0.2) is 4.39 Å². The molecule has 0 amide bonds.